The van der Waals surface area contributed by atoms with E-state index in [2.05, 4.69) is 5.32 Å². The Hall–Kier alpha value is -1.56. The summed E-state index contributed by atoms with van der Waals surface area (Å²) in [6.07, 6.45) is 1.13. The second kappa shape index (κ2) is 5.18. The first-order chi connectivity index (χ1) is 7.81. The zero-order valence-electron chi connectivity index (χ0n) is 9.86. The standard InChI is InChI=1S/C11H16N2O3S/c1-8-9(4-3-5-10(8)12)11(14)13-6-7-17(2,15)16/h3-5H,6-7,12H2,1-2H3,(H,13,14). The number of carbonyl (C=O) groups is 1. The molecule has 0 fully saturated rings. The molecule has 1 amide bonds. The average Bonchev–Trinajstić information content (AvgIpc) is 2.20. The highest BCUT2D eigenvalue weighted by Gasteiger charge is 2.10. The Morgan fingerprint density at radius 3 is 2.65 bits per heavy atom. The molecule has 1 aromatic rings. The van der Waals surface area contributed by atoms with Gasteiger partial charge in [-0.25, -0.2) is 8.42 Å². The van der Waals surface area contributed by atoms with E-state index in [1.807, 2.05) is 0 Å². The van der Waals surface area contributed by atoms with Crippen molar-refractivity contribution in [3.8, 4) is 0 Å². The van der Waals surface area contributed by atoms with Gasteiger partial charge in [-0.05, 0) is 24.6 Å². The third kappa shape index (κ3) is 4.07. The van der Waals surface area contributed by atoms with Crippen molar-refractivity contribution >= 4 is 21.4 Å². The minimum absolute atomic E-state index is 0.0693. The minimum Gasteiger partial charge on any atom is -0.398 e. The van der Waals surface area contributed by atoms with Gasteiger partial charge in [0, 0.05) is 24.1 Å². The first-order valence-electron chi connectivity index (χ1n) is 5.12. The van der Waals surface area contributed by atoms with E-state index in [1.165, 1.54) is 0 Å². The van der Waals surface area contributed by atoms with Gasteiger partial charge in [0.1, 0.15) is 9.84 Å². The van der Waals surface area contributed by atoms with Gasteiger partial charge in [-0.2, -0.15) is 0 Å². The van der Waals surface area contributed by atoms with Crippen LogP contribution in [-0.2, 0) is 9.84 Å². The number of hydrogen-bond acceptors (Lipinski definition) is 4. The Morgan fingerprint density at radius 2 is 2.06 bits per heavy atom. The number of benzene rings is 1. The van der Waals surface area contributed by atoms with Crippen LogP contribution >= 0.6 is 0 Å². The van der Waals surface area contributed by atoms with E-state index in [-0.39, 0.29) is 18.2 Å². The molecule has 0 unspecified atom stereocenters. The normalized spacial score (nSPS) is 11.2. The van der Waals surface area contributed by atoms with E-state index in [1.54, 1.807) is 25.1 Å². The lowest BCUT2D eigenvalue weighted by Crippen LogP contribution is -2.29. The fraction of sp³-hybridized carbons (Fsp3) is 0.364. The molecule has 1 aromatic carbocycles. The van der Waals surface area contributed by atoms with Crippen molar-refractivity contribution in [1.82, 2.24) is 5.32 Å². The van der Waals surface area contributed by atoms with Crippen molar-refractivity contribution in [2.24, 2.45) is 0 Å². The van der Waals surface area contributed by atoms with Crippen LogP contribution < -0.4 is 11.1 Å². The summed E-state index contributed by atoms with van der Waals surface area (Å²) in [5.41, 5.74) is 7.39. The molecule has 5 nitrogen and oxygen atoms in total. The van der Waals surface area contributed by atoms with Crippen LogP contribution in [0.15, 0.2) is 18.2 Å². The highest BCUT2D eigenvalue weighted by atomic mass is 32.2. The van der Waals surface area contributed by atoms with Crippen molar-refractivity contribution in [1.29, 1.82) is 0 Å². The van der Waals surface area contributed by atoms with Crippen LogP contribution in [-0.4, -0.2) is 32.9 Å². The molecule has 6 heteroatoms. The maximum Gasteiger partial charge on any atom is 0.251 e. The van der Waals surface area contributed by atoms with E-state index >= 15 is 0 Å². The average molecular weight is 256 g/mol. The fourth-order valence-electron chi connectivity index (χ4n) is 1.34. The second-order valence-electron chi connectivity index (χ2n) is 3.91. The van der Waals surface area contributed by atoms with Gasteiger partial charge < -0.3 is 11.1 Å². The third-order valence-corrected chi connectivity index (χ3v) is 3.32. The van der Waals surface area contributed by atoms with Gasteiger partial charge in [-0.1, -0.05) is 6.07 Å². The van der Waals surface area contributed by atoms with Gasteiger partial charge in [-0.3, -0.25) is 4.79 Å². The summed E-state index contributed by atoms with van der Waals surface area (Å²) in [6.45, 7) is 1.85. The van der Waals surface area contributed by atoms with E-state index in [9.17, 15) is 13.2 Å². The number of nitrogens with two attached hydrogens (primary N) is 1. The molecule has 0 atom stereocenters. The lowest BCUT2D eigenvalue weighted by molar-refractivity contribution is 0.0955. The summed E-state index contributed by atoms with van der Waals surface area (Å²) < 4.78 is 21.8. The summed E-state index contributed by atoms with van der Waals surface area (Å²) in [5, 5.41) is 2.55. The number of carbonyl (C=O) groups excluding carboxylic acids is 1. The third-order valence-electron chi connectivity index (χ3n) is 2.38. The Kier molecular flexibility index (Phi) is 4.11. The molecular formula is C11H16N2O3S. The molecule has 0 radical (unpaired) electrons. The largest absolute Gasteiger partial charge is 0.398 e. The van der Waals surface area contributed by atoms with Crippen LogP contribution in [0.5, 0.6) is 0 Å². The Morgan fingerprint density at radius 1 is 1.41 bits per heavy atom. The predicted octanol–water partition coefficient (Wildman–Crippen LogP) is 0.352. The van der Waals surface area contributed by atoms with Crippen molar-refractivity contribution in [2.45, 2.75) is 6.92 Å². The molecule has 0 saturated heterocycles. The number of nitrogen functional groups attached to an aromatic ring is 1. The first-order valence-corrected chi connectivity index (χ1v) is 7.18. The highest BCUT2D eigenvalue weighted by Crippen LogP contribution is 2.14. The van der Waals surface area contributed by atoms with Crippen LogP contribution in [0.2, 0.25) is 0 Å². The molecule has 0 aliphatic rings. The minimum atomic E-state index is -3.06. The van der Waals surface area contributed by atoms with Crippen molar-refractivity contribution in [3.05, 3.63) is 29.3 Å². The highest BCUT2D eigenvalue weighted by molar-refractivity contribution is 7.90. The van der Waals surface area contributed by atoms with Crippen LogP contribution in [0.25, 0.3) is 0 Å². The van der Waals surface area contributed by atoms with Crippen molar-refractivity contribution in [2.75, 3.05) is 24.3 Å². The topological polar surface area (TPSA) is 89.3 Å². The van der Waals surface area contributed by atoms with Crippen LogP contribution in [0.1, 0.15) is 15.9 Å². The number of anilines is 1. The maximum atomic E-state index is 11.7. The Bertz CT molecular complexity index is 524. The molecule has 0 spiro atoms. The fourth-order valence-corrected chi connectivity index (χ4v) is 1.82. The SMILES string of the molecule is Cc1c(N)cccc1C(=O)NCCS(C)(=O)=O. The lowest BCUT2D eigenvalue weighted by atomic mass is 10.1. The quantitative estimate of drug-likeness (QED) is 0.761. The van der Waals surface area contributed by atoms with E-state index < -0.39 is 9.84 Å². The Balaban J connectivity index is 2.68. The molecule has 0 aromatic heterocycles. The van der Waals surface area contributed by atoms with Crippen LogP contribution in [0, 0.1) is 6.92 Å². The van der Waals surface area contributed by atoms with Gasteiger partial charge in [-0.15, -0.1) is 0 Å². The summed E-state index contributed by atoms with van der Waals surface area (Å²) in [6, 6.07) is 5.05. The van der Waals surface area contributed by atoms with Gasteiger partial charge in [0.05, 0.1) is 5.75 Å². The summed E-state index contributed by atoms with van der Waals surface area (Å²) >= 11 is 0. The molecule has 94 valence electrons. The van der Waals surface area contributed by atoms with Crippen molar-refractivity contribution in [3.63, 3.8) is 0 Å². The predicted molar refractivity (Wildman–Crippen MR) is 67.6 cm³/mol. The van der Waals surface area contributed by atoms with Crippen LogP contribution in [0.3, 0.4) is 0 Å². The van der Waals surface area contributed by atoms with Crippen LogP contribution in [0.4, 0.5) is 5.69 Å². The van der Waals surface area contributed by atoms with Gasteiger partial charge >= 0.3 is 0 Å². The lowest BCUT2D eigenvalue weighted by Gasteiger charge is -2.08. The summed E-state index contributed by atoms with van der Waals surface area (Å²) in [5.74, 6) is -0.376. The van der Waals surface area contributed by atoms with E-state index in [0.717, 1.165) is 6.26 Å². The molecule has 0 aliphatic heterocycles. The molecule has 0 heterocycles. The zero-order valence-corrected chi connectivity index (χ0v) is 10.7. The first kappa shape index (κ1) is 13.5. The number of hydrogen-bond donors (Lipinski definition) is 2. The van der Waals surface area contributed by atoms with Gasteiger partial charge in [0.2, 0.25) is 0 Å². The molecule has 0 bridgehead atoms. The second-order valence-corrected chi connectivity index (χ2v) is 6.17. The van der Waals surface area contributed by atoms with E-state index in [0.29, 0.717) is 16.8 Å². The van der Waals surface area contributed by atoms with Gasteiger partial charge in [0.25, 0.3) is 5.91 Å². The van der Waals surface area contributed by atoms with Crippen molar-refractivity contribution < 1.29 is 13.2 Å². The van der Waals surface area contributed by atoms with E-state index in [4.69, 9.17) is 5.73 Å². The summed E-state index contributed by atoms with van der Waals surface area (Å²) in [7, 11) is -3.06. The number of rotatable bonds is 4. The molecule has 0 saturated carbocycles. The monoisotopic (exact) mass is 256 g/mol. The molecule has 0 aliphatic carbocycles. The number of amides is 1. The molecule has 17 heavy (non-hydrogen) atoms. The number of sulfone groups is 1. The maximum absolute atomic E-state index is 11.7. The molecule has 1 rings (SSSR count). The number of nitrogens with one attached hydrogen (secondary N) is 1. The smallest absolute Gasteiger partial charge is 0.251 e. The molecule has 3 N–H and O–H groups in total. The summed E-state index contributed by atoms with van der Waals surface area (Å²) in [4.78, 5) is 11.7. The molecular weight excluding hydrogens is 240 g/mol. The Labute approximate surface area is 101 Å². The zero-order chi connectivity index (χ0) is 13.1. The van der Waals surface area contributed by atoms with Gasteiger partial charge in [0.15, 0.2) is 0 Å².